The summed E-state index contributed by atoms with van der Waals surface area (Å²) in [6.45, 7) is 7.95. The predicted octanol–water partition coefficient (Wildman–Crippen LogP) is 6.35. The Morgan fingerprint density at radius 1 is 1.21 bits per heavy atom. The van der Waals surface area contributed by atoms with Gasteiger partial charge in [0.2, 0.25) is 5.75 Å². The number of methoxy groups -OCH3 is 1. The monoisotopic (exact) mass is 534 g/mol. The maximum atomic E-state index is 13.6. The molecule has 4 aromatic rings. The highest BCUT2D eigenvalue weighted by Crippen LogP contribution is 2.36. The second-order valence-corrected chi connectivity index (χ2v) is 9.33. The van der Waals surface area contributed by atoms with Crippen molar-refractivity contribution in [2.75, 3.05) is 13.7 Å². The maximum absolute atomic E-state index is 13.6. The largest absolute Gasteiger partial charge is 0.496 e. The van der Waals surface area contributed by atoms with Crippen LogP contribution in [-0.2, 0) is 0 Å². The number of aromatic nitrogens is 2. The molecule has 0 aliphatic carbocycles. The number of para-hydroxylation sites is 1. The van der Waals surface area contributed by atoms with E-state index in [0.717, 1.165) is 16.9 Å². The van der Waals surface area contributed by atoms with Crippen LogP contribution in [0.4, 0.5) is 5.69 Å². The van der Waals surface area contributed by atoms with Gasteiger partial charge in [0.15, 0.2) is 5.82 Å². The quantitative estimate of drug-likeness (QED) is 0.148. The Hall–Kier alpha value is -4.24. The fraction of sp³-hybridized carbons (Fsp3) is 0.250. The minimum absolute atomic E-state index is 0.0170. The van der Waals surface area contributed by atoms with E-state index in [1.54, 1.807) is 32.2 Å². The Morgan fingerprint density at radius 2 is 1.95 bits per heavy atom. The van der Waals surface area contributed by atoms with Crippen molar-refractivity contribution in [3.63, 3.8) is 0 Å². The number of hydrogen-bond donors (Lipinski definition) is 0. The van der Waals surface area contributed by atoms with Crippen molar-refractivity contribution in [3.05, 3.63) is 90.7 Å². The van der Waals surface area contributed by atoms with Crippen LogP contribution in [0.2, 0.25) is 5.02 Å². The van der Waals surface area contributed by atoms with Gasteiger partial charge in [-0.1, -0.05) is 37.6 Å². The molecule has 0 fully saturated rings. The second-order valence-electron chi connectivity index (χ2n) is 8.92. The highest BCUT2D eigenvalue weighted by molar-refractivity contribution is 6.32. The first-order chi connectivity index (χ1) is 18.2. The normalized spacial score (nSPS) is 11.4. The first-order valence-corrected chi connectivity index (χ1v) is 12.4. The number of rotatable bonds is 8. The van der Waals surface area contributed by atoms with E-state index in [0.29, 0.717) is 27.9 Å². The average Bonchev–Trinajstić information content (AvgIpc) is 2.89. The van der Waals surface area contributed by atoms with E-state index in [1.165, 1.54) is 23.0 Å². The van der Waals surface area contributed by atoms with Gasteiger partial charge in [-0.05, 0) is 61.2 Å². The zero-order valence-electron chi connectivity index (χ0n) is 21.7. The smallest absolute Gasteiger partial charge is 0.313 e. The van der Waals surface area contributed by atoms with Crippen LogP contribution in [0.5, 0.6) is 11.5 Å². The van der Waals surface area contributed by atoms with Gasteiger partial charge in [-0.15, -0.1) is 0 Å². The van der Waals surface area contributed by atoms with Crippen molar-refractivity contribution < 1.29 is 14.4 Å². The molecule has 0 spiro atoms. The van der Waals surface area contributed by atoms with Crippen molar-refractivity contribution in [2.45, 2.75) is 33.6 Å². The summed E-state index contributed by atoms with van der Waals surface area (Å²) in [6.07, 6.45) is 1.35. The summed E-state index contributed by atoms with van der Waals surface area (Å²) >= 11 is 6.29. The molecule has 0 radical (unpaired) electrons. The fourth-order valence-electron chi connectivity index (χ4n) is 4.19. The third kappa shape index (κ3) is 5.10. The zero-order chi connectivity index (χ0) is 27.6. The van der Waals surface area contributed by atoms with Crippen LogP contribution in [-0.4, -0.2) is 34.5 Å². The lowest BCUT2D eigenvalue weighted by Crippen LogP contribution is -2.20. The fourth-order valence-corrected chi connectivity index (χ4v) is 4.47. The van der Waals surface area contributed by atoms with Gasteiger partial charge in [0.05, 0.1) is 40.8 Å². The molecule has 0 saturated carbocycles. The summed E-state index contributed by atoms with van der Waals surface area (Å²) < 4.78 is 12.1. The van der Waals surface area contributed by atoms with E-state index in [4.69, 9.17) is 26.1 Å². The average molecular weight is 535 g/mol. The molecule has 0 atom stereocenters. The lowest BCUT2D eigenvalue weighted by Gasteiger charge is -2.17. The molecular weight excluding hydrogens is 508 g/mol. The summed E-state index contributed by atoms with van der Waals surface area (Å²) in [5.74, 6) is 1.21. The summed E-state index contributed by atoms with van der Waals surface area (Å²) in [5.41, 5.74) is 2.69. The number of nitro benzene ring substituents is 1. The van der Waals surface area contributed by atoms with Gasteiger partial charge in [0, 0.05) is 17.2 Å². The van der Waals surface area contributed by atoms with Gasteiger partial charge in [-0.25, -0.2) is 4.98 Å². The van der Waals surface area contributed by atoms with Crippen LogP contribution in [0.3, 0.4) is 0 Å². The molecule has 196 valence electrons. The molecule has 38 heavy (non-hydrogen) atoms. The summed E-state index contributed by atoms with van der Waals surface area (Å²) in [4.78, 5) is 29.5. The van der Waals surface area contributed by atoms with Crippen LogP contribution in [0, 0.1) is 17.0 Å². The van der Waals surface area contributed by atoms with Gasteiger partial charge in [0.1, 0.15) is 5.75 Å². The van der Waals surface area contributed by atoms with Gasteiger partial charge in [-0.2, -0.15) is 9.78 Å². The minimum Gasteiger partial charge on any atom is -0.496 e. The highest BCUT2D eigenvalue weighted by atomic mass is 35.5. The number of hydrogen-bond acceptors (Lipinski definition) is 7. The number of benzene rings is 3. The van der Waals surface area contributed by atoms with Gasteiger partial charge >= 0.3 is 5.69 Å². The zero-order valence-corrected chi connectivity index (χ0v) is 22.4. The van der Waals surface area contributed by atoms with E-state index in [2.05, 4.69) is 18.9 Å². The van der Waals surface area contributed by atoms with Crippen molar-refractivity contribution in [1.29, 1.82) is 0 Å². The molecule has 9 nitrogen and oxygen atoms in total. The van der Waals surface area contributed by atoms with E-state index in [1.807, 2.05) is 25.1 Å². The van der Waals surface area contributed by atoms with Crippen molar-refractivity contribution in [1.82, 2.24) is 9.66 Å². The van der Waals surface area contributed by atoms with Crippen LogP contribution in [0.15, 0.2) is 58.4 Å². The predicted molar refractivity (Wildman–Crippen MR) is 149 cm³/mol. The molecule has 0 saturated heterocycles. The summed E-state index contributed by atoms with van der Waals surface area (Å²) in [7, 11) is 1.62. The Kier molecular flexibility index (Phi) is 7.78. The molecular formula is C28H27ClN4O5. The van der Waals surface area contributed by atoms with Gasteiger partial charge in [0.25, 0.3) is 5.56 Å². The molecule has 4 rings (SSSR count). The van der Waals surface area contributed by atoms with E-state index in [9.17, 15) is 14.9 Å². The first-order valence-electron chi connectivity index (χ1n) is 12.0. The Morgan fingerprint density at radius 3 is 2.61 bits per heavy atom. The molecule has 0 bridgehead atoms. The Labute approximate surface area is 224 Å². The van der Waals surface area contributed by atoms with E-state index >= 15 is 0 Å². The van der Waals surface area contributed by atoms with Crippen LogP contribution in [0.1, 0.15) is 43.4 Å². The van der Waals surface area contributed by atoms with Crippen LogP contribution >= 0.6 is 11.6 Å². The minimum atomic E-state index is -0.572. The van der Waals surface area contributed by atoms with Crippen molar-refractivity contribution >= 4 is 34.4 Å². The molecule has 0 unspecified atom stereocenters. The highest BCUT2D eigenvalue weighted by Gasteiger charge is 2.21. The molecule has 0 aliphatic rings. The SMILES string of the molecule is CCOc1c(Cl)cc(C=Nn2c(-c3cc(C(C)C)c(OC)cc3C)nc3ccccc3c2=O)cc1[N+](=O)[O-]. The molecule has 10 heteroatoms. The maximum Gasteiger partial charge on any atom is 0.313 e. The third-order valence-electron chi connectivity index (χ3n) is 6.05. The van der Waals surface area contributed by atoms with Gasteiger partial charge in [-0.3, -0.25) is 14.9 Å². The number of nitrogens with zero attached hydrogens (tertiary/aromatic N) is 4. The van der Waals surface area contributed by atoms with Crippen molar-refractivity contribution in [3.8, 4) is 22.9 Å². The Bertz CT molecular complexity index is 1630. The third-order valence-corrected chi connectivity index (χ3v) is 6.33. The lowest BCUT2D eigenvalue weighted by molar-refractivity contribution is -0.385. The molecule has 1 aromatic heterocycles. The molecule has 0 aliphatic heterocycles. The number of fused-ring (bicyclic) bond motifs is 1. The first kappa shape index (κ1) is 26.8. The summed E-state index contributed by atoms with van der Waals surface area (Å²) in [6, 6.07) is 13.7. The molecule has 0 amide bonds. The summed E-state index contributed by atoms with van der Waals surface area (Å²) in [5, 5.41) is 16.5. The van der Waals surface area contributed by atoms with E-state index < -0.39 is 4.92 Å². The second kappa shape index (κ2) is 11.0. The molecule has 1 heterocycles. The number of aryl methyl sites for hydroxylation is 1. The number of halogens is 1. The van der Waals surface area contributed by atoms with E-state index in [-0.39, 0.29) is 34.5 Å². The van der Waals surface area contributed by atoms with Gasteiger partial charge < -0.3 is 9.47 Å². The number of ether oxygens (including phenoxy) is 2. The van der Waals surface area contributed by atoms with Crippen molar-refractivity contribution in [2.24, 2.45) is 5.10 Å². The molecule has 0 N–H and O–H groups in total. The number of nitro groups is 1. The van der Waals surface area contributed by atoms with Crippen LogP contribution < -0.4 is 15.0 Å². The Balaban J connectivity index is 1.96. The van der Waals surface area contributed by atoms with Crippen LogP contribution in [0.25, 0.3) is 22.3 Å². The topological polar surface area (TPSA) is 109 Å². The lowest BCUT2D eigenvalue weighted by atomic mass is 9.96. The molecule has 3 aromatic carbocycles. The standard InChI is InChI=1S/C28H27ClN4O5/c1-6-38-26-22(29)12-18(13-24(26)33(35)36)15-30-32-27(31-23-10-8-7-9-19(23)28(32)34)21-14-20(16(2)3)25(37-5)11-17(21)4/h7-16H,6H2,1-5H3.